The highest BCUT2D eigenvalue weighted by atomic mass is 31.2. The van der Waals surface area contributed by atoms with Crippen LogP contribution in [0.5, 0.6) is 0 Å². The van der Waals surface area contributed by atoms with Crippen LogP contribution in [0.15, 0.2) is 48.1 Å². The Morgan fingerprint density at radius 1 is 0.923 bits per heavy atom. The van der Waals surface area contributed by atoms with Crippen LogP contribution in [0.1, 0.15) is 5.56 Å². The van der Waals surface area contributed by atoms with Gasteiger partial charge in [0.25, 0.3) is 0 Å². The standard InChI is InChI=1S/C12H14P/c1-11-5-7-12(8-6-11)13(2)9-3-4-10-13/h3-10H,1-2H3. The van der Waals surface area contributed by atoms with E-state index in [0.717, 1.165) is 0 Å². The fraction of sp³-hybridized carbons (Fsp3) is 0.167. The molecule has 0 aliphatic carbocycles. The highest BCUT2D eigenvalue weighted by Gasteiger charge is 2.18. The van der Waals surface area contributed by atoms with Crippen molar-refractivity contribution in [1.29, 1.82) is 0 Å². The zero-order valence-electron chi connectivity index (χ0n) is 8.07. The van der Waals surface area contributed by atoms with Gasteiger partial charge in [0.15, 0.2) is 0 Å². The summed E-state index contributed by atoms with van der Waals surface area (Å²) in [5.41, 5.74) is 1.34. The van der Waals surface area contributed by atoms with Crippen molar-refractivity contribution in [2.45, 2.75) is 6.92 Å². The highest BCUT2D eigenvalue weighted by Crippen LogP contribution is 2.59. The predicted molar refractivity (Wildman–Crippen MR) is 61.9 cm³/mol. The number of hydrogen-bond acceptors (Lipinski definition) is 0. The molecule has 0 atom stereocenters. The first-order valence-corrected chi connectivity index (χ1v) is 6.88. The second kappa shape index (κ2) is 3.12. The lowest BCUT2D eigenvalue weighted by molar-refractivity contribution is 1.49. The summed E-state index contributed by atoms with van der Waals surface area (Å²) >= 11 is 0. The van der Waals surface area contributed by atoms with E-state index < -0.39 is 7.26 Å². The average molecular weight is 189 g/mol. The monoisotopic (exact) mass is 189 g/mol. The second-order valence-electron chi connectivity index (χ2n) is 3.67. The first-order chi connectivity index (χ1) is 6.21. The fourth-order valence-corrected chi connectivity index (χ4v) is 3.69. The van der Waals surface area contributed by atoms with Gasteiger partial charge in [0.2, 0.25) is 0 Å². The lowest BCUT2D eigenvalue weighted by Crippen LogP contribution is -2.04. The fourth-order valence-electron chi connectivity index (χ4n) is 1.54. The molecule has 1 radical (unpaired) electrons. The maximum absolute atomic E-state index is 2.34. The summed E-state index contributed by atoms with van der Waals surface area (Å²) in [7, 11) is -1.05. The molecule has 0 saturated carbocycles. The van der Waals surface area contributed by atoms with Crippen molar-refractivity contribution in [3.63, 3.8) is 0 Å². The van der Waals surface area contributed by atoms with Gasteiger partial charge < -0.3 is 0 Å². The number of benzene rings is 1. The zero-order chi connectivity index (χ0) is 9.31. The summed E-state index contributed by atoms with van der Waals surface area (Å²) in [6, 6.07) is 8.90. The van der Waals surface area contributed by atoms with Gasteiger partial charge in [-0.15, -0.1) is 0 Å². The molecule has 0 saturated heterocycles. The van der Waals surface area contributed by atoms with Crippen molar-refractivity contribution in [3.05, 3.63) is 53.6 Å². The van der Waals surface area contributed by atoms with Crippen molar-refractivity contribution >= 4 is 12.6 Å². The topological polar surface area (TPSA) is 0 Å². The molecule has 1 aromatic carbocycles. The van der Waals surface area contributed by atoms with E-state index in [1.165, 1.54) is 10.9 Å². The third-order valence-electron chi connectivity index (χ3n) is 2.49. The Hall–Kier alpha value is -0.870. The molecular formula is C12H14P. The van der Waals surface area contributed by atoms with E-state index in [1.54, 1.807) is 0 Å². The van der Waals surface area contributed by atoms with Gasteiger partial charge >= 0.3 is 0 Å². The molecule has 0 unspecified atom stereocenters. The van der Waals surface area contributed by atoms with Crippen LogP contribution >= 0.6 is 7.26 Å². The number of rotatable bonds is 1. The molecule has 0 fully saturated rings. The third kappa shape index (κ3) is 1.59. The lowest BCUT2D eigenvalue weighted by Gasteiger charge is -2.22. The van der Waals surface area contributed by atoms with Crippen LogP contribution in [0, 0.1) is 6.92 Å². The van der Waals surface area contributed by atoms with Crippen molar-refractivity contribution in [1.82, 2.24) is 0 Å². The molecule has 0 spiro atoms. The minimum atomic E-state index is -1.05. The van der Waals surface area contributed by atoms with Gasteiger partial charge in [0.1, 0.15) is 0 Å². The summed E-state index contributed by atoms with van der Waals surface area (Å²) in [6.45, 7) is 4.47. The molecule has 2 rings (SSSR count). The van der Waals surface area contributed by atoms with Crippen molar-refractivity contribution in [2.75, 3.05) is 6.66 Å². The molecule has 13 heavy (non-hydrogen) atoms. The van der Waals surface area contributed by atoms with Crippen LogP contribution in [0.25, 0.3) is 0 Å². The second-order valence-corrected chi connectivity index (χ2v) is 7.07. The number of aryl methyl sites for hydroxylation is 1. The van der Waals surface area contributed by atoms with Gasteiger partial charge in [0, 0.05) is 0 Å². The minimum absolute atomic E-state index is 1.05. The van der Waals surface area contributed by atoms with Gasteiger partial charge in [-0.05, 0) is 18.9 Å². The van der Waals surface area contributed by atoms with Crippen LogP contribution in [0.4, 0.5) is 0 Å². The maximum Gasteiger partial charge on any atom is -0.0210 e. The summed E-state index contributed by atoms with van der Waals surface area (Å²) < 4.78 is 0. The van der Waals surface area contributed by atoms with E-state index in [2.05, 4.69) is 61.6 Å². The van der Waals surface area contributed by atoms with E-state index in [4.69, 9.17) is 0 Å². The Morgan fingerprint density at radius 2 is 1.46 bits per heavy atom. The molecule has 1 heteroatoms. The lowest BCUT2D eigenvalue weighted by atomic mass is 10.2. The SMILES string of the molecule is Cc1ccc([P]2(C)C=CC=C2)cc1. The van der Waals surface area contributed by atoms with Gasteiger partial charge in [-0.1, -0.05) is 60.9 Å². The average Bonchev–Trinajstić information content (AvgIpc) is 2.54. The van der Waals surface area contributed by atoms with E-state index >= 15 is 0 Å². The van der Waals surface area contributed by atoms with Gasteiger partial charge in [-0.3, -0.25) is 0 Å². The molecular weight excluding hydrogens is 175 g/mol. The van der Waals surface area contributed by atoms with Crippen LogP contribution in [0.3, 0.4) is 0 Å². The van der Waals surface area contributed by atoms with Crippen molar-refractivity contribution < 1.29 is 0 Å². The molecule has 0 nitrogen and oxygen atoms in total. The van der Waals surface area contributed by atoms with Crippen LogP contribution in [-0.2, 0) is 0 Å². The summed E-state index contributed by atoms with van der Waals surface area (Å²) in [5, 5.41) is 1.48. The zero-order valence-corrected chi connectivity index (χ0v) is 8.96. The number of hydrogen-bond donors (Lipinski definition) is 0. The Bertz CT molecular complexity index is 345. The van der Waals surface area contributed by atoms with Gasteiger partial charge in [0.05, 0.1) is 0 Å². The minimum Gasteiger partial charge on any atom is -0.0615 e. The predicted octanol–water partition coefficient (Wildman–Crippen LogP) is 3.31. The third-order valence-corrected chi connectivity index (χ3v) is 5.49. The van der Waals surface area contributed by atoms with Crippen molar-refractivity contribution in [3.8, 4) is 0 Å². The first kappa shape index (κ1) is 8.72. The summed E-state index contributed by atoms with van der Waals surface area (Å²) in [6.07, 6.45) is 4.32. The Labute approximate surface area is 80.3 Å². The smallest absolute Gasteiger partial charge is 0.0210 e. The highest BCUT2D eigenvalue weighted by molar-refractivity contribution is 7.87. The molecule has 1 aliphatic heterocycles. The van der Waals surface area contributed by atoms with E-state index in [-0.39, 0.29) is 0 Å². The van der Waals surface area contributed by atoms with Crippen LogP contribution in [0.2, 0.25) is 0 Å². The molecule has 67 valence electrons. The Morgan fingerprint density at radius 3 is 2.00 bits per heavy atom. The Balaban J connectivity index is 2.41. The normalized spacial score (nSPS) is 18.0. The molecule has 0 amide bonds. The first-order valence-electron chi connectivity index (χ1n) is 4.51. The number of allylic oxidation sites excluding steroid dienone is 2. The van der Waals surface area contributed by atoms with Crippen molar-refractivity contribution in [2.24, 2.45) is 0 Å². The summed E-state index contributed by atoms with van der Waals surface area (Å²) in [4.78, 5) is 0. The molecule has 0 N–H and O–H groups in total. The Kier molecular flexibility index (Phi) is 2.09. The van der Waals surface area contributed by atoms with Crippen LogP contribution in [-0.4, -0.2) is 6.66 Å². The quantitative estimate of drug-likeness (QED) is 0.594. The molecule has 0 bridgehead atoms. The van der Waals surface area contributed by atoms with E-state index in [0.29, 0.717) is 0 Å². The molecule has 1 aliphatic rings. The maximum atomic E-state index is 2.34. The van der Waals surface area contributed by atoms with E-state index in [9.17, 15) is 0 Å². The van der Waals surface area contributed by atoms with Gasteiger partial charge in [-0.2, -0.15) is 0 Å². The van der Waals surface area contributed by atoms with Gasteiger partial charge in [-0.25, -0.2) is 0 Å². The summed E-state index contributed by atoms with van der Waals surface area (Å²) in [5.74, 6) is 4.69. The molecule has 1 heterocycles. The van der Waals surface area contributed by atoms with Crippen LogP contribution < -0.4 is 5.30 Å². The molecule has 1 aromatic rings. The largest absolute Gasteiger partial charge is 0.0615 e. The molecule has 0 aromatic heterocycles. The van der Waals surface area contributed by atoms with E-state index in [1.807, 2.05) is 0 Å².